The van der Waals surface area contributed by atoms with E-state index in [0.29, 0.717) is 12.5 Å². The van der Waals surface area contributed by atoms with Crippen molar-refractivity contribution in [3.8, 4) is 16.9 Å². The van der Waals surface area contributed by atoms with Gasteiger partial charge in [-0.15, -0.1) is 0 Å². The van der Waals surface area contributed by atoms with Crippen molar-refractivity contribution in [3.63, 3.8) is 0 Å². The maximum Gasteiger partial charge on any atom is 0.120 e. The Morgan fingerprint density at radius 2 is 2.00 bits per heavy atom. The molecule has 1 aromatic heterocycles. The van der Waals surface area contributed by atoms with Crippen molar-refractivity contribution in [3.05, 3.63) is 30.6 Å². The molecule has 27 heavy (non-hydrogen) atoms. The fraction of sp³-hybridized carbons (Fsp3) is 0.591. The number of aryl methyl sites for hydroxylation is 1. The Labute approximate surface area is 163 Å². The minimum absolute atomic E-state index is 0.295. The highest BCUT2D eigenvalue weighted by Crippen LogP contribution is 2.36. The van der Waals surface area contributed by atoms with Gasteiger partial charge >= 0.3 is 0 Å². The summed E-state index contributed by atoms with van der Waals surface area (Å²) < 4.78 is 7.54. The normalized spacial score (nSPS) is 15.3. The van der Waals surface area contributed by atoms with Crippen molar-refractivity contribution in [1.82, 2.24) is 9.78 Å². The molecule has 0 aliphatic carbocycles. The van der Waals surface area contributed by atoms with Crippen LogP contribution in [0.15, 0.2) is 30.6 Å². The molecule has 0 atom stereocenters. The number of aliphatic hydroxyl groups excluding tert-OH is 1. The summed E-state index contributed by atoms with van der Waals surface area (Å²) in [5.74, 6) is 1.31. The zero-order valence-corrected chi connectivity index (χ0v) is 16.7. The van der Waals surface area contributed by atoms with Crippen LogP contribution in [-0.4, -0.2) is 41.7 Å². The first-order chi connectivity index (χ1) is 13.2. The maximum absolute atomic E-state index is 9.42. The van der Waals surface area contributed by atoms with Crippen molar-refractivity contribution in [1.29, 1.82) is 0 Å². The van der Waals surface area contributed by atoms with Crippen LogP contribution in [0.4, 0.5) is 5.69 Å². The average molecular weight is 372 g/mol. The number of hydrogen-bond acceptors (Lipinski definition) is 4. The van der Waals surface area contributed by atoms with Crippen molar-refractivity contribution in [2.24, 2.45) is 5.92 Å². The molecular weight excluding hydrogens is 338 g/mol. The third-order valence-corrected chi connectivity index (χ3v) is 5.60. The summed E-state index contributed by atoms with van der Waals surface area (Å²) in [7, 11) is 1.71. The van der Waals surface area contributed by atoms with Crippen LogP contribution in [0.25, 0.3) is 11.1 Å². The Hall–Kier alpha value is -2.01. The topological polar surface area (TPSA) is 50.5 Å². The van der Waals surface area contributed by atoms with Gasteiger partial charge in [-0.25, -0.2) is 0 Å². The number of piperidine rings is 1. The molecule has 0 unspecified atom stereocenters. The zero-order chi connectivity index (χ0) is 19.1. The van der Waals surface area contributed by atoms with Crippen LogP contribution in [0.5, 0.6) is 5.75 Å². The van der Waals surface area contributed by atoms with Gasteiger partial charge in [-0.2, -0.15) is 5.10 Å². The van der Waals surface area contributed by atoms with E-state index in [2.05, 4.69) is 39.9 Å². The molecule has 1 saturated heterocycles. The first-order valence-corrected chi connectivity index (χ1v) is 10.3. The van der Waals surface area contributed by atoms with E-state index in [9.17, 15) is 5.11 Å². The van der Waals surface area contributed by atoms with Gasteiger partial charge in [-0.05, 0) is 37.3 Å². The average Bonchev–Trinajstić information content (AvgIpc) is 3.19. The zero-order valence-electron chi connectivity index (χ0n) is 16.7. The second kappa shape index (κ2) is 9.79. The number of aromatic nitrogens is 2. The molecule has 3 rings (SSSR count). The van der Waals surface area contributed by atoms with Gasteiger partial charge in [0.2, 0.25) is 0 Å². The lowest BCUT2D eigenvalue weighted by atomic mass is 9.96. The largest absolute Gasteiger partial charge is 0.497 e. The van der Waals surface area contributed by atoms with E-state index in [1.807, 2.05) is 12.3 Å². The number of unbranched alkanes of at least 4 members (excludes halogenated alkanes) is 3. The molecule has 1 aliphatic rings. The number of methoxy groups -OCH3 is 1. The molecule has 5 heteroatoms. The van der Waals surface area contributed by atoms with Gasteiger partial charge in [-0.1, -0.05) is 26.2 Å². The summed E-state index contributed by atoms with van der Waals surface area (Å²) in [6.07, 6.45) is 11.2. The van der Waals surface area contributed by atoms with E-state index >= 15 is 0 Å². The lowest BCUT2D eigenvalue weighted by Gasteiger charge is -2.34. The van der Waals surface area contributed by atoms with Gasteiger partial charge < -0.3 is 14.7 Å². The molecule has 0 saturated carbocycles. The first kappa shape index (κ1) is 19.7. The monoisotopic (exact) mass is 371 g/mol. The SMILES string of the molecule is CCCCCCn1cc(-c2ccc(OC)cc2N2CCC(CO)CC2)cn1. The predicted octanol–water partition coefficient (Wildman–Crippen LogP) is 4.35. The van der Waals surface area contributed by atoms with Gasteiger partial charge in [0.05, 0.1) is 13.3 Å². The molecule has 0 radical (unpaired) electrons. The van der Waals surface area contributed by atoms with E-state index in [4.69, 9.17) is 4.74 Å². The van der Waals surface area contributed by atoms with Gasteiger partial charge in [0.25, 0.3) is 0 Å². The predicted molar refractivity (Wildman–Crippen MR) is 110 cm³/mol. The third kappa shape index (κ3) is 5.04. The quantitative estimate of drug-likeness (QED) is 0.666. The molecule has 0 bridgehead atoms. The molecule has 5 nitrogen and oxygen atoms in total. The molecule has 148 valence electrons. The molecule has 1 aliphatic heterocycles. The number of benzene rings is 1. The second-order valence-electron chi connectivity index (χ2n) is 7.55. The number of hydrogen-bond donors (Lipinski definition) is 1. The summed E-state index contributed by atoms with van der Waals surface area (Å²) in [6, 6.07) is 6.30. The van der Waals surface area contributed by atoms with Crippen LogP contribution in [0.1, 0.15) is 45.4 Å². The van der Waals surface area contributed by atoms with Crippen molar-refractivity contribution >= 4 is 5.69 Å². The molecular formula is C22H33N3O2. The highest BCUT2D eigenvalue weighted by atomic mass is 16.5. The summed E-state index contributed by atoms with van der Waals surface area (Å²) in [5, 5.41) is 14.0. The highest BCUT2D eigenvalue weighted by molar-refractivity contribution is 5.79. The Morgan fingerprint density at radius 1 is 1.19 bits per heavy atom. The fourth-order valence-corrected chi connectivity index (χ4v) is 3.83. The Kier molecular flexibility index (Phi) is 7.16. The number of nitrogens with zero attached hydrogens (tertiary/aromatic N) is 3. The molecule has 0 spiro atoms. The number of aliphatic hydroxyl groups is 1. The van der Waals surface area contributed by atoms with Crippen molar-refractivity contribution in [2.45, 2.75) is 52.0 Å². The van der Waals surface area contributed by atoms with E-state index in [-0.39, 0.29) is 0 Å². The van der Waals surface area contributed by atoms with Gasteiger partial charge in [0, 0.05) is 55.3 Å². The number of ether oxygens (including phenoxy) is 1. The van der Waals surface area contributed by atoms with E-state index in [1.54, 1.807) is 7.11 Å². The molecule has 0 amide bonds. The molecule has 1 N–H and O–H groups in total. The minimum atomic E-state index is 0.295. The standard InChI is InChI=1S/C22H33N3O2/c1-3-4-5-6-11-25-16-19(15-23-25)21-8-7-20(27-2)14-22(21)24-12-9-18(17-26)10-13-24/h7-8,14-16,18,26H,3-6,9-13,17H2,1-2H3. The third-order valence-electron chi connectivity index (χ3n) is 5.60. The molecule has 1 aromatic carbocycles. The van der Waals surface area contributed by atoms with Gasteiger partial charge in [-0.3, -0.25) is 4.68 Å². The van der Waals surface area contributed by atoms with Crippen LogP contribution in [-0.2, 0) is 6.54 Å². The maximum atomic E-state index is 9.42. The van der Waals surface area contributed by atoms with Crippen LogP contribution in [0.2, 0.25) is 0 Å². The summed E-state index contributed by atoms with van der Waals surface area (Å²) in [6.45, 7) is 5.45. The Morgan fingerprint density at radius 3 is 2.70 bits per heavy atom. The van der Waals surface area contributed by atoms with Crippen molar-refractivity contribution < 1.29 is 9.84 Å². The smallest absolute Gasteiger partial charge is 0.120 e. The van der Waals surface area contributed by atoms with Gasteiger partial charge in [0.1, 0.15) is 5.75 Å². The number of anilines is 1. The van der Waals surface area contributed by atoms with Crippen LogP contribution in [0, 0.1) is 5.92 Å². The van der Waals surface area contributed by atoms with E-state index in [1.165, 1.54) is 36.9 Å². The van der Waals surface area contributed by atoms with Gasteiger partial charge in [0.15, 0.2) is 0 Å². The molecule has 2 aromatic rings. The highest BCUT2D eigenvalue weighted by Gasteiger charge is 2.22. The lowest BCUT2D eigenvalue weighted by Crippen LogP contribution is -2.35. The van der Waals surface area contributed by atoms with Crippen LogP contribution >= 0.6 is 0 Å². The fourth-order valence-electron chi connectivity index (χ4n) is 3.83. The van der Waals surface area contributed by atoms with E-state index < -0.39 is 0 Å². The van der Waals surface area contributed by atoms with Crippen LogP contribution < -0.4 is 9.64 Å². The second-order valence-corrected chi connectivity index (χ2v) is 7.55. The summed E-state index contributed by atoms with van der Waals surface area (Å²) in [5.41, 5.74) is 3.57. The van der Waals surface area contributed by atoms with Crippen molar-refractivity contribution in [2.75, 3.05) is 31.7 Å². The minimum Gasteiger partial charge on any atom is -0.497 e. The Balaban J connectivity index is 1.78. The van der Waals surface area contributed by atoms with Crippen LogP contribution in [0.3, 0.4) is 0 Å². The summed E-state index contributed by atoms with van der Waals surface area (Å²) in [4.78, 5) is 2.42. The molecule has 2 heterocycles. The molecule has 1 fully saturated rings. The van der Waals surface area contributed by atoms with E-state index in [0.717, 1.165) is 43.8 Å². The Bertz CT molecular complexity index is 705. The number of rotatable bonds is 9. The summed E-state index contributed by atoms with van der Waals surface area (Å²) >= 11 is 0. The first-order valence-electron chi connectivity index (χ1n) is 10.3. The lowest BCUT2D eigenvalue weighted by molar-refractivity contribution is 0.203.